The molecule has 0 N–H and O–H groups in total. The van der Waals surface area contributed by atoms with Crippen molar-refractivity contribution in [2.45, 2.75) is 57.8 Å². The smallest absolute Gasteiger partial charge is 0.132 e. The van der Waals surface area contributed by atoms with E-state index in [1.54, 1.807) is 6.08 Å². The third-order valence-corrected chi connectivity index (χ3v) is 4.94. The Morgan fingerprint density at radius 1 is 0.947 bits per heavy atom. The zero-order valence-electron chi connectivity index (χ0n) is 11.7. The van der Waals surface area contributed by atoms with Gasteiger partial charge in [0.2, 0.25) is 0 Å². The summed E-state index contributed by atoms with van der Waals surface area (Å²) >= 11 is 0. The lowest BCUT2D eigenvalue weighted by molar-refractivity contribution is -0.121. The highest BCUT2D eigenvalue weighted by molar-refractivity contribution is 5.79. The number of ketones is 1. The van der Waals surface area contributed by atoms with Crippen molar-refractivity contribution < 1.29 is 9.18 Å². The quantitative estimate of drug-likeness (QED) is 0.654. The molecule has 0 atom stereocenters. The lowest BCUT2D eigenvalue weighted by Gasteiger charge is -2.35. The van der Waals surface area contributed by atoms with Gasteiger partial charge in [0.15, 0.2) is 0 Å². The lowest BCUT2D eigenvalue weighted by Crippen LogP contribution is -2.25. The van der Waals surface area contributed by atoms with E-state index in [1.165, 1.54) is 31.8 Å². The molecule has 2 aliphatic rings. The Bertz CT molecular complexity index is 327. The molecule has 0 aromatic carbocycles. The average Bonchev–Trinajstić information content (AvgIpc) is 2.45. The molecule has 0 aromatic heterocycles. The van der Waals surface area contributed by atoms with Gasteiger partial charge in [-0.15, -0.1) is 0 Å². The molecule has 0 heterocycles. The molecule has 0 aliphatic heterocycles. The van der Waals surface area contributed by atoms with Gasteiger partial charge in [-0.2, -0.15) is 0 Å². The highest BCUT2D eigenvalue weighted by atomic mass is 19.1. The van der Waals surface area contributed by atoms with Gasteiger partial charge >= 0.3 is 0 Å². The monoisotopic (exact) mass is 264 g/mol. The molecule has 1 nitrogen and oxygen atoms in total. The Labute approximate surface area is 116 Å². The summed E-state index contributed by atoms with van der Waals surface area (Å²) in [5, 5.41) is 0. The maximum atomic E-state index is 11.8. The van der Waals surface area contributed by atoms with Crippen LogP contribution in [0.25, 0.3) is 0 Å². The van der Waals surface area contributed by atoms with E-state index in [9.17, 15) is 9.18 Å². The molecule has 0 aromatic rings. The first-order chi connectivity index (χ1) is 9.29. The Morgan fingerprint density at radius 2 is 1.58 bits per heavy atom. The predicted octanol–water partition coefficient (Wildman–Crippen LogP) is 4.98. The van der Waals surface area contributed by atoms with Crippen LogP contribution in [0.4, 0.5) is 4.39 Å². The first-order valence-electron chi connectivity index (χ1n) is 7.73. The van der Waals surface area contributed by atoms with Crippen molar-refractivity contribution in [3.8, 4) is 0 Å². The van der Waals surface area contributed by atoms with E-state index in [-0.39, 0.29) is 0 Å². The van der Waals surface area contributed by atoms with E-state index in [0.717, 1.165) is 49.9 Å². The highest BCUT2D eigenvalue weighted by Gasteiger charge is 2.29. The third kappa shape index (κ3) is 4.59. The van der Waals surface area contributed by atoms with Crippen LogP contribution in [0.3, 0.4) is 0 Å². The van der Waals surface area contributed by atoms with Gasteiger partial charge in [-0.3, -0.25) is 4.79 Å². The van der Waals surface area contributed by atoms with Crippen LogP contribution in [0.1, 0.15) is 57.8 Å². The second-order valence-electron chi connectivity index (χ2n) is 6.14. The van der Waals surface area contributed by atoms with Crippen molar-refractivity contribution in [3.63, 3.8) is 0 Å². The molecule has 0 spiro atoms. The molecule has 2 heteroatoms. The normalized spacial score (nSPS) is 30.5. The van der Waals surface area contributed by atoms with Crippen molar-refractivity contribution in [2.24, 2.45) is 17.8 Å². The van der Waals surface area contributed by atoms with Gasteiger partial charge in [-0.05, 0) is 68.8 Å². The van der Waals surface area contributed by atoms with Crippen molar-refractivity contribution in [2.75, 3.05) is 0 Å². The molecular formula is C17H25FO. The van der Waals surface area contributed by atoms with E-state index in [4.69, 9.17) is 0 Å². The van der Waals surface area contributed by atoms with Crippen LogP contribution in [0.5, 0.6) is 0 Å². The van der Waals surface area contributed by atoms with Crippen molar-refractivity contribution in [1.82, 2.24) is 0 Å². The summed E-state index contributed by atoms with van der Waals surface area (Å²) in [6.07, 6.45) is 16.2. The first kappa shape index (κ1) is 14.5. The molecule has 0 unspecified atom stereocenters. The fourth-order valence-corrected chi connectivity index (χ4v) is 3.72. The summed E-state index contributed by atoms with van der Waals surface area (Å²) in [4.78, 5) is 11.3. The average molecular weight is 264 g/mol. The Kier molecular flexibility index (Phi) is 5.81. The van der Waals surface area contributed by atoms with Crippen molar-refractivity contribution in [3.05, 3.63) is 24.6 Å². The molecule has 2 aliphatic carbocycles. The third-order valence-electron chi connectivity index (χ3n) is 4.94. The van der Waals surface area contributed by atoms with Crippen LogP contribution in [-0.2, 0) is 4.79 Å². The summed E-state index contributed by atoms with van der Waals surface area (Å²) in [6.45, 7) is 0. The number of allylic oxidation sites excluding steroid dienone is 3. The van der Waals surface area contributed by atoms with Crippen LogP contribution < -0.4 is 0 Å². The summed E-state index contributed by atoms with van der Waals surface area (Å²) in [6, 6.07) is 0. The van der Waals surface area contributed by atoms with Crippen molar-refractivity contribution in [1.29, 1.82) is 0 Å². The summed E-state index contributed by atoms with van der Waals surface area (Å²) in [5.41, 5.74) is 0. The van der Waals surface area contributed by atoms with E-state index in [2.05, 4.69) is 6.08 Å². The van der Waals surface area contributed by atoms with Crippen LogP contribution in [0.15, 0.2) is 24.6 Å². The number of carbonyl (C=O) groups is 1. The minimum absolute atomic E-state index is 0.469. The Balaban J connectivity index is 1.69. The van der Waals surface area contributed by atoms with Gasteiger partial charge in [-0.25, -0.2) is 4.39 Å². The molecule has 106 valence electrons. The molecule has 2 saturated carbocycles. The molecule has 0 bridgehead atoms. The SMILES string of the molecule is O=C1CCC(C2CCC(C/C=C/C=CF)CC2)CC1. The number of rotatable bonds is 4. The topological polar surface area (TPSA) is 17.1 Å². The molecule has 2 rings (SSSR count). The van der Waals surface area contributed by atoms with E-state index in [0.29, 0.717) is 12.1 Å². The number of halogens is 1. The minimum Gasteiger partial charge on any atom is -0.300 e. The molecule has 0 amide bonds. The summed E-state index contributed by atoms with van der Waals surface area (Å²) < 4.78 is 11.8. The summed E-state index contributed by atoms with van der Waals surface area (Å²) in [7, 11) is 0. The highest BCUT2D eigenvalue weighted by Crippen LogP contribution is 2.40. The second-order valence-corrected chi connectivity index (χ2v) is 6.14. The fourth-order valence-electron chi connectivity index (χ4n) is 3.72. The van der Waals surface area contributed by atoms with Crippen molar-refractivity contribution >= 4 is 5.78 Å². The summed E-state index contributed by atoms with van der Waals surface area (Å²) in [5.74, 6) is 2.92. The van der Waals surface area contributed by atoms with Crippen LogP contribution >= 0.6 is 0 Å². The zero-order valence-corrected chi connectivity index (χ0v) is 11.7. The number of Topliss-reactive ketones (excluding diaryl/α,β-unsaturated/α-hetero) is 1. The van der Waals surface area contributed by atoms with E-state index in [1.807, 2.05) is 0 Å². The first-order valence-corrected chi connectivity index (χ1v) is 7.73. The number of hydrogen-bond acceptors (Lipinski definition) is 1. The minimum atomic E-state index is 0.469. The molecule has 0 radical (unpaired) electrons. The van der Waals surface area contributed by atoms with Gasteiger partial charge in [0, 0.05) is 12.8 Å². The van der Waals surface area contributed by atoms with Crippen LogP contribution in [-0.4, -0.2) is 5.78 Å². The molecule has 2 fully saturated rings. The number of hydrogen-bond donors (Lipinski definition) is 0. The second kappa shape index (κ2) is 7.62. The largest absolute Gasteiger partial charge is 0.300 e. The van der Waals surface area contributed by atoms with E-state index < -0.39 is 0 Å². The van der Waals surface area contributed by atoms with Crippen LogP contribution in [0, 0.1) is 17.8 Å². The number of carbonyl (C=O) groups excluding carboxylic acids is 1. The predicted molar refractivity (Wildman–Crippen MR) is 76.4 cm³/mol. The van der Waals surface area contributed by atoms with E-state index >= 15 is 0 Å². The maximum absolute atomic E-state index is 11.8. The van der Waals surface area contributed by atoms with Crippen LogP contribution in [0.2, 0.25) is 0 Å². The lowest BCUT2D eigenvalue weighted by atomic mass is 9.70. The van der Waals surface area contributed by atoms with Gasteiger partial charge < -0.3 is 0 Å². The van der Waals surface area contributed by atoms with Gasteiger partial charge in [-0.1, -0.05) is 12.2 Å². The van der Waals surface area contributed by atoms with Gasteiger partial charge in [0.05, 0.1) is 6.33 Å². The maximum Gasteiger partial charge on any atom is 0.132 e. The van der Waals surface area contributed by atoms with Gasteiger partial charge in [0.1, 0.15) is 5.78 Å². The Hall–Kier alpha value is -0.920. The van der Waals surface area contributed by atoms with Gasteiger partial charge in [0.25, 0.3) is 0 Å². The standard InChI is InChI=1S/C17H25FO/c18-13-3-1-2-4-14-5-7-15(8-6-14)16-9-11-17(19)12-10-16/h1-3,13-16H,4-12H2/b2-1+,13-3?. The molecular weight excluding hydrogens is 239 g/mol. The Morgan fingerprint density at radius 3 is 2.21 bits per heavy atom. The molecule has 0 saturated heterocycles. The zero-order chi connectivity index (χ0) is 13.5. The fraction of sp³-hybridized carbons (Fsp3) is 0.706. The molecule has 19 heavy (non-hydrogen) atoms.